The first kappa shape index (κ1) is 23.1. The van der Waals surface area contributed by atoms with Crippen LogP contribution < -0.4 is 9.47 Å². The van der Waals surface area contributed by atoms with E-state index in [0.717, 1.165) is 15.4 Å². The number of nitrogens with zero attached hydrogens (tertiary/aromatic N) is 2. The second-order valence-electron chi connectivity index (χ2n) is 7.53. The number of ether oxygens (including phenoxy) is 3. The lowest BCUT2D eigenvalue weighted by Gasteiger charge is -2.21. The molecule has 0 amide bonds. The number of hydrogen-bond donors (Lipinski definition) is 0. The van der Waals surface area contributed by atoms with E-state index < -0.39 is 22.1 Å². The molecular formula is C22H28N2O6S. The van der Waals surface area contributed by atoms with Gasteiger partial charge in [0.05, 0.1) is 20.1 Å². The third kappa shape index (κ3) is 5.00. The Hall–Kier alpha value is -2.62. The van der Waals surface area contributed by atoms with Crippen LogP contribution in [0.25, 0.3) is 0 Å². The van der Waals surface area contributed by atoms with Gasteiger partial charge in [-0.05, 0) is 23.3 Å². The number of carbonyl (C=O) groups is 1. The van der Waals surface area contributed by atoms with E-state index >= 15 is 0 Å². The monoisotopic (exact) mass is 448 g/mol. The fraction of sp³-hybridized carbons (Fsp3) is 0.409. The molecular weight excluding hydrogens is 420 g/mol. The van der Waals surface area contributed by atoms with E-state index in [1.165, 1.54) is 25.5 Å². The van der Waals surface area contributed by atoms with Crippen LogP contribution in [0.5, 0.6) is 11.5 Å². The van der Waals surface area contributed by atoms with Gasteiger partial charge in [0.1, 0.15) is 6.61 Å². The summed E-state index contributed by atoms with van der Waals surface area (Å²) >= 11 is 0. The van der Waals surface area contributed by atoms with E-state index in [1.54, 1.807) is 19.2 Å². The third-order valence-corrected chi connectivity index (χ3v) is 7.30. The lowest BCUT2D eigenvalue weighted by molar-refractivity contribution is -0.145. The number of benzene rings is 2. The summed E-state index contributed by atoms with van der Waals surface area (Å²) in [6.07, 6.45) is 0. The number of esters is 1. The Balaban J connectivity index is 1.86. The smallest absolute Gasteiger partial charge is 0.310 e. The van der Waals surface area contributed by atoms with Gasteiger partial charge in [0, 0.05) is 33.1 Å². The van der Waals surface area contributed by atoms with E-state index in [0.29, 0.717) is 18.1 Å². The van der Waals surface area contributed by atoms with E-state index in [-0.39, 0.29) is 19.0 Å². The highest BCUT2D eigenvalue weighted by Crippen LogP contribution is 2.39. The van der Waals surface area contributed by atoms with Crippen LogP contribution in [0.2, 0.25) is 0 Å². The predicted molar refractivity (Wildman–Crippen MR) is 116 cm³/mol. The summed E-state index contributed by atoms with van der Waals surface area (Å²) in [4.78, 5) is 12.4. The van der Waals surface area contributed by atoms with Gasteiger partial charge < -0.3 is 14.2 Å². The zero-order valence-corrected chi connectivity index (χ0v) is 19.0. The first-order valence-corrected chi connectivity index (χ1v) is 11.3. The number of methoxy groups -OCH3 is 2. The van der Waals surface area contributed by atoms with Crippen LogP contribution in [0, 0.1) is 5.92 Å². The quantitative estimate of drug-likeness (QED) is 0.576. The summed E-state index contributed by atoms with van der Waals surface area (Å²) in [5.74, 6) is -0.323. The molecule has 8 nitrogen and oxygen atoms in total. The first-order chi connectivity index (χ1) is 14.8. The van der Waals surface area contributed by atoms with E-state index in [2.05, 4.69) is 0 Å². The van der Waals surface area contributed by atoms with Gasteiger partial charge in [-0.2, -0.15) is 17.0 Å². The topological polar surface area (TPSA) is 85.4 Å². The fourth-order valence-corrected chi connectivity index (χ4v) is 4.84. The van der Waals surface area contributed by atoms with Crippen LogP contribution >= 0.6 is 0 Å². The minimum Gasteiger partial charge on any atom is -0.493 e. The molecule has 1 aliphatic rings. The molecule has 0 saturated carbocycles. The van der Waals surface area contributed by atoms with Crippen molar-refractivity contribution in [3.8, 4) is 11.5 Å². The maximum Gasteiger partial charge on any atom is 0.310 e. The molecule has 2 aromatic rings. The van der Waals surface area contributed by atoms with Gasteiger partial charge in [-0.15, -0.1) is 0 Å². The zero-order valence-electron chi connectivity index (χ0n) is 18.1. The zero-order chi connectivity index (χ0) is 22.6. The van der Waals surface area contributed by atoms with Gasteiger partial charge >= 0.3 is 5.97 Å². The van der Waals surface area contributed by atoms with Crippen LogP contribution in [0.15, 0.2) is 48.5 Å². The second kappa shape index (κ2) is 9.67. The normalized spacial score (nSPS) is 19.4. The molecule has 2 atom stereocenters. The van der Waals surface area contributed by atoms with Crippen LogP contribution in [0.1, 0.15) is 17.0 Å². The minimum absolute atomic E-state index is 0.0619. The number of carbonyl (C=O) groups excluding carboxylic acids is 1. The lowest BCUT2D eigenvalue weighted by Crippen LogP contribution is -2.39. The molecule has 0 unspecified atom stereocenters. The van der Waals surface area contributed by atoms with Crippen molar-refractivity contribution in [2.24, 2.45) is 5.92 Å². The Morgan fingerprint density at radius 3 is 2.39 bits per heavy atom. The van der Waals surface area contributed by atoms with Crippen molar-refractivity contribution < 1.29 is 27.4 Å². The molecule has 1 saturated heterocycles. The highest BCUT2D eigenvalue weighted by molar-refractivity contribution is 7.86. The third-order valence-electron chi connectivity index (χ3n) is 5.43. The molecule has 2 aromatic carbocycles. The summed E-state index contributed by atoms with van der Waals surface area (Å²) in [7, 11) is 2.14. The van der Waals surface area contributed by atoms with Crippen LogP contribution in [0.3, 0.4) is 0 Å². The minimum atomic E-state index is -3.65. The van der Waals surface area contributed by atoms with Crippen molar-refractivity contribution >= 4 is 16.2 Å². The van der Waals surface area contributed by atoms with Crippen molar-refractivity contribution in [3.63, 3.8) is 0 Å². The second-order valence-corrected chi connectivity index (χ2v) is 9.67. The Morgan fingerprint density at radius 2 is 1.77 bits per heavy atom. The summed E-state index contributed by atoms with van der Waals surface area (Å²) in [5.41, 5.74) is 1.82. The van der Waals surface area contributed by atoms with E-state index in [9.17, 15) is 13.2 Å². The van der Waals surface area contributed by atoms with E-state index in [4.69, 9.17) is 14.2 Å². The Kier molecular flexibility index (Phi) is 7.19. The summed E-state index contributed by atoms with van der Waals surface area (Å²) in [6, 6.07) is 15.2. The van der Waals surface area contributed by atoms with Crippen molar-refractivity contribution in [2.45, 2.75) is 12.5 Å². The Bertz CT molecular complexity index is 1010. The maximum atomic E-state index is 12.6. The number of hydrogen-bond acceptors (Lipinski definition) is 6. The molecule has 0 radical (unpaired) electrons. The largest absolute Gasteiger partial charge is 0.493 e. The summed E-state index contributed by atoms with van der Waals surface area (Å²) < 4.78 is 44.0. The molecule has 0 aliphatic carbocycles. The molecule has 0 N–H and O–H groups in total. The standard InChI is InChI=1S/C22H28N2O6S/c1-23(2)31(26,27)24-13-18(19(14-24)22(25)29-4)17-10-11-20(21(12-17)28-3)30-15-16-8-6-5-7-9-16/h5-12,18-19H,13-15H2,1-4H3/t18-,19+/m0/s1. The molecule has 1 fully saturated rings. The van der Waals surface area contributed by atoms with Crippen LogP contribution in [-0.2, 0) is 26.3 Å². The van der Waals surface area contributed by atoms with Crippen LogP contribution in [-0.4, -0.2) is 64.4 Å². The highest BCUT2D eigenvalue weighted by Gasteiger charge is 2.44. The molecule has 1 heterocycles. The van der Waals surface area contributed by atoms with Gasteiger partial charge in [0.2, 0.25) is 0 Å². The molecule has 1 aliphatic heterocycles. The van der Waals surface area contributed by atoms with Gasteiger partial charge in [-0.1, -0.05) is 36.4 Å². The highest BCUT2D eigenvalue weighted by atomic mass is 32.2. The van der Waals surface area contributed by atoms with Crippen LogP contribution in [0.4, 0.5) is 0 Å². The van der Waals surface area contributed by atoms with Crippen molar-refractivity contribution in [3.05, 3.63) is 59.7 Å². The fourth-order valence-electron chi connectivity index (χ4n) is 3.68. The molecule has 0 bridgehead atoms. The molecule has 31 heavy (non-hydrogen) atoms. The van der Waals surface area contributed by atoms with Crippen molar-refractivity contribution in [2.75, 3.05) is 41.4 Å². The van der Waals surface area contributed by atoms with Crippen molar-refractivity contribution in [1.82, 2.24) is 8.61 Å². The SMILES string of the molecule is COC(=O)[C@@H]1CN(S(=O)(=O)N(C)C)C[C@H]1c1ccc(OCc2ccccc2)c(OC)c1. The van der Waals surface area contributed by atoms with Crippen molar-refractivity contribution in [1.29, 1.82) is 0 Å². The van der Waals surface area contributed by atoms with Gasteiger partial charge in [-0.3, -0.25) is 4.79 Å². The van der Waals surface area contributed by atoms with Gasteiger partial charge in [0.15, 0.2) is 11.5 Å². The predicted octanol–water partition coefficient (Wildman–Crippen LogP) is 2.27. The van der Waals surface area contributed by atoms with E-state index in [1.807, 2.05) is 36.4 Å². The summed E-state index contributed by atoms with van der Waals surface area (Å²) in [5, 5.41) is 0. The molecule has 168 valence electrons. The maximum absolute atomic E-state index is 12.6. The average molecular weight is 449 g/mol. The van der Waals surface area contributed by atoms with Gasteiger partial charge in [-0.25, -0.2) is 0 Å². The summed E-state index contributed by atoms with van der Waals surface area (Å²) in [6.45, 7) is 0.625. The Labute approximate surface area is 183 Å². The Morgan fingerprint density at radius 1 is 1.06 bits per heavy atom. The van der Waals surface area contributed by atoms with Gasteiger partial charge in [0.25, 0.3) is 10.2 Å². The lowest BCUT2D eigenvalue weighted by atomic mass is 9.89. The molecule has 0 aromatic heterocycles. The molecule has 0 spiro atoms. The molecule has 9 heteroatoms. The first-order valence-electron chi connectivity index (χ1n) is 9.88. The average Bonchev–Trinajstić information content (AvgIpc) is 3.24. The molecule has 3 rings (SSSR count). The number of rotatable bonds is 8.